The Labute approximate surface area is 88.1 Å². The molecule has 14 heavy (non-hydrogen) atoms. The van der Waals surface area contributed by atoms with E-state index >= 15 is 0 Å². The Morgan fingerprint density at radius 1 is 1.36 bits per heavy atom. The lowest BCUT2D eigenvalue weighted by Crippen LogP contribution is -2.49. The zero-order valence-electron chi connectivity index (χ0n) is 9.63. The third-order valence-electron chi connectivity index (χ3n) is 3.91. The summed E-state index contributed by atoms with van der Waals surface area (Å²) in [6.45, 7) is 4.98. The number of hydrogen-bond donors (Lipinski definition) is 1. The first-order valence-corrected chi connectivity index (χ1v) is 6.26. The molecule has 1 aliphatic heterocycles. The van der Waals surface area contributed by atoms with Crippen molar-refractivity contribution in [1.29, 1.82) is 0 Å². The highest BCUT2D eigenvalue weighted by molar-refractivity contribution is 4.90. The van der Waals surface area contributed by atoms with Gasteiger partial charge >= 0.3 is 0 Å². The minimum absolute atomic E-state index is 0.747. The van der Waals surface area contributed by atoms with Crippen LogP contribution in [0, 0.1) is 5.92 Å². The maximum absolute atomic E-state index is 3.43. The number of nitrogens with one attached hydrogen (secondary N) is 1. The normalized spacial score (nSPS) is 31.7. The lowest BCUT2D eigenvalue weighted by molar-refractivity contribution is 0.122. The minimum Gasteiger partial charge on any atom is -0.316 e. The van der Waals surface area contributed by atoms with Crippen molar-refractivity contribution in [3.63, 3.8) is 0 Å². The van der Waals surface area contributed by atoms with Crippen molar-refractivity contribution in [2.75, 3.05) is 20.1 Å². The quantitative estimate of drug-likeness (QED) is 0.738. The van der Waals surface area contributed by atoms with E-state index in [1.54, 1.807) is 0 Å². The van der Waals surface area contributed by atoms with Gasteiger partial charge in [-0.05, 0) is 51.6 Å². The summed E-state index contributed by atoms with van der Waals surface area (Å²) in [6, 6.07) is 1.64. The summed E-state index contributed by atoms with van der Waals surface area (Å²) in [7, 11) is 2.10. The van der Waals surface area contributed by atoms with Crippen LogP contribution < -0.4 is 5.32 Å². The molecule has 1 aliphatic carbocycles. The number of piperidine rings is 1. The smallest absolute Gasteiger partial charge is 0.0192 e. The van der Waals surface area contributed by atoms with E-state index in [2.05, 4.69) is 24.2 Å². The molecule has 2 nitrogen and oxygen atoms in total. The van der Waals surface area contributed by atoms with Crippen LogP contribution in [-0.2, 0) is 0 Å². The van der Waals surface area contributed by atoms with Crippen molar-refractivity contribution in [3.8, 4) is 0 Å². The maximum Gasteiger partial charge on any atom is 0.0192 e. The van der Waals surface area contributed by atoms with Crippen LogP contribution in [0.2, 0.25) is 0 Å². The summed E-state index contributed by atoms with van der Waals surface area (Å²) in [5.74, 6) is 1.04. The van der Waals surface area contributed by atoms with E-state index in [0.717, 1.165) is 18.0 Å². The summed E-state index contributed by atoms with van der Waals surface area (Å²) in [6.07, 6.45) is 7.07. The summed E-state index contributed by atoms with van der Waals surface area (Å²) in [4.78, 5) is 2.74. The number of rotatable bonds is 4. The van der Waals surface area contributed by atoms with Crippen molar-refractivity contribution in [2.24, 2.45) is 5.92 Å². The van der Waals surface area contributed by atoms with E-state index in [1.165, 1.54) is 45.2 Å². The molecule has 0 spiro atoms. The van der Waals surface area contributed by atoms with E-state index in [0.29, 0.717) is 0 Å². The molecule has 1 saturated heterocycles. The third kappa shape index (κ3) is 2.29. The van der Waals surface area contributed by atoms with Gasteiger partial charge in [-0.1, -0.05) is 6.92 Å². The fourth-order valence-electron chi connectivity index (χ4n) is 2.91. The van der Waals surface area contributed by atoms with Crippen molar-refractivity contribution >= 4 is 0 Å². The molecule has 0 aromatic heterocycles. The summed E-state index contributed by atoms with van der Waals surface area (Å²) in [5.41, 5.74) is 0. The van der Waals surface area contributed by atoms with Gasteiger partial charge in [0.15, 0.2) is 0 Å². The van der Waals surface area contributed by atoms with Gasteiger partial charge in [0.2, 0.25) is 0 Å². The number of likely N-dealkylation sites (tertiary alicyclic amines) is 1. The SMILES string of the molecule is CCC(C1CC1)N1CCCC(NC)C1. The highest BCUT2D eigenvalue weighted by atomic mass is 15.2. The molecule has 2 atom stereocenters. The molecule has 0 radical (unpaired) electrons. The average Bonchev–Trinajstić information content (AvgIpc) is 3.04. The first-order valence-electron chi connectivity index (χ1n) is 6.26. The van der Waals surface area contributed by atoms with Crippen LogP contribution in [0.4, 0.5) is 0 Å². The van der Waals surface area contributed by atoms with E-state index in [-0.39, 0.29) is 0 Å². The molecule has 1 saturated carbocycles. The van der Waals surface area contributed by atoms with Gasteiger partial charge in [-0.25, -0.2) is 0 Å². The third-order valence-corrected chi connectivity index (χ3v) is 3.91. The largest absolute Gasteiger partial charge is 0.316 e. The lowest BCUT2D eigenvalue weighted by Gasteiger charge is -2.38. The van der Waals surface area contributed by atoms with E-state index in [4.69, 9.17) is 0 Å². The highest BCUT2D eigenvalue weighted by Gasteiger charge is 2.35. The lowest BCUT2D eigenvalue weighted by atomic mass is 10.0. The van der Waals surface area contributed by atoms with Crippen LogP contribution in [0.15, 0.2) is 0 Å². The van der Waals surface area contributed by atoms with Crippen LogP contribution in [0.1, 0.15) is 39.0 Å². The number of likely N-dealkylation sites (N-methyl/N-ethyl adjacent to an activating group) is 1. The second-order valence-corrected chi connectivity index (χ2v) is 4.94. The molecule has 0 bridgehead atoms. The predicted octanol–water partition coefficient (Wildman–Crippen LogP) is 1.86. The number of hydrogen-bond acceptors (Lipinski definition) is 2. The van der Waals surface area contributed by atoms with Gasteiger partial charge in [0.25, 0.3) is 0 Å². The first kappa shape index (κ1) is 10.4. The molecular formula is C12H24N2. The Kier molecular flexibility index (Phi) is 3.45. The standard InChI is InChI=1S/C12H24N2/c1-3-12(10-6-7-10)14-8-4-5-11(9-14)13-2/h10-13H,3-9H2,1-2H3. The van der Waals surface area contributed by atoms with Crippen molar-refractivity contribution in [2.45, 2.75) is 51.1 Å². The Morgan fingerprint density at radius 2 is 2.14 bits per heavy atom. The Balaban J connectivity index is 1.87. The first-order chi connectivity index (χ1) is 6.85. The fourth-order valence-corrected chi connectivity index (χ4v) is 2.91. The molecular weight excluding hydrogens is 172 g/mol. The van der Waals surface area contributed by atoms with Gasteiger partial charge in [-0.2, -0.15) is 0 Å². The monoisotopic (exact) mass is 196 g/mol. The molecule has 2 fully saturated rings. The molecule has 82 valence electrons. The van der Waals surface area contributed by atoms with Crippen LogP contribution in [-0.4, -0.2) is 37.1 Å². The topological polar surface area (TPSA) is 15.3 Å². The molecule has 0 aromatic carbocycles. The van der Waals surface area contributed by atoms with E-state index in [9.17, 15) is 0 Å². The molecule has 1 heterocycles. The average molecular weight is 196 g/mol. The van der Waals surface area contributed by atoms with Gasteiger partial charge in [0.05, 0.1) is 0 Å². The second-order valence-electron chi connectivity index (χ2n) is 4.94. The van der Waals surface area contributed by atoms with Crippen LogP contribution in [0.25, 0.3) is 0 Å². The summed E-state index contributed by atoms with van der Waals surface area (Å²) >= 11 is 0. The molecule has 2 rings (SSSR count). The Morgan fingerprint density at radius 3 is 2.71 bits per heavy atom. The fraction of sp³-hybridized carbons (Fsp3) is 1.00. The predicted molar refractivity (Wildman–Crippen MR) is 60.5 cm³/mol. The summed E-state index contributed by atoms with van der Waals surface area (Å²) in [5, 5.41) is 3.43. The van der Waals surface area contributed by atoms with Gasteiger partial charge in [-0.3, -0.25) is 4.90 Å². The molecule has 0 amide bonds. The Hall–Kier alpha value is -0.0800. The molecule has 1 N–H and O–H groups in total. The van der Waals surface area contributed by atoms with Gasteiger partial charge < -0.3 is 5.32 Å². The van der Waals surface area contributed by atoms with Crippen molar-refractivity contribution in [3.05, 3.63) is 0 Å². The van der Waals surface area contributed by atoms with E-state index in [1.807, 2.05) is 0 Å². The van der Waals surface area contributed by atoms with Gasteiger partial charge in [-0.15, -0.1) is 0 Å². The van der Waals surface area contributed by atoms with Crippen molar-refractivity contribution in [1.82, 2.24) is 10.2 Å². The second kappa shape index (κ2) is 4.63. The maximum atomic E-state index is 3.43. The van der Waals surface area contributed by atoms with Crippen molar-refractivity contribution < 1.29 is 0 Å². The number of nitrogens with zero attached hydrogens (tertiary/aromatic N) is 1. The molecule has 2 aliphatic rings. The van der Waals surface area contributed by atoms with Crippen LogP contribution in [0.3, 0.4) is 0 Å². The molecule has 2 heteroatoms. The van der Waals surface area contributed by atoms with Crippen LogP contribution >= 0.6 is 0 Å². The minimum atomic E-state index is 0.747. The highest BCUT2D eigenvalue weighted by Crippen LogP contribution is 2.37. The van der Waals surface area contributed by atoms with Gasteiger partial charge in [0.1, 0.15) is 0 Å². The summed E-state index contributed by atoms with van der Waals surface area (Å²) < 4.78 is 0. The van der Waals surface area contributed by atoms with Crippen LogP contribution in [0.5, 0.6) is 0 Å². The zero-order chi connectivity index (χ0) is 9.97. The molecule has 2 unspecified atom stereocenters. The van der Waals surface area contributed by atoms with Gasteiger partial charge in [0, 0.05) is 18.6 Å². The Bertz CT molecular complexity index is 177. The van der Waals surface area contributed by atoms with E-state index < -0.39 is 0 Å². The zero-order valence-corrected chi connectivity index (χ0v) is 9.63. The molecule has 0 aromatic rings.